The normalized spacial score (nSPS) is 18.5. The van der Waals surface area contributed by atoms with Crippen molar-refractivity contribution in [2.75, 3.05) is 13.1 Å². The van der Waals surface area contributed by atoms with E-state index in [1.54, 1.807) is 24.3 Å². The highest BCUT2D eigenvalue weighted by molar-refractivity contribution is 7.13. The van der Waals surface area contributed by atoms with Gasteiger partial charge in [-0.05, 0) is 23.9 Å². The van der Waals surface area contributed by atoms with Crippen molar-refractivity contribution in [3.8, 4) is 11.5 Å². The van der Waals surface area contributed by atoms with Crippen LogP contribution in [0.25, 0.3) is 10.8 Å². The Kier molecular flexibility index (Phi) is 3.97. The van der Waals surface area contributed by atoms with Gasteiger partial charge in [-0.2, -0.15) is 0 Å². The molecule has 6 nitrogen and oxygen atoms in total. The molecule has 3 aromatic rings. The zero-order valence-corrected chi connectivity index (χ0v) is 15.7. The summed E-state index contributed by atoms with van der Waals surface area (Å²) in [5.74, 6) is -1.33. The fraction of sp³-hybridized carbons (Fsp3) is 0.238. The number of rotatable bonds is 3. The van der Waals surface area contributed by atoms with Gasteiger partial charge in [0.15, 0.2) is 5.78 Å². The summed E-state index contributed by atoms with van der Waals surface area (Å²) >= 11 is 1.21. The van der Waals surface area contributed by atoms with Gasteiger partial charge in [-0.1, -0.05) is 24.3 Å². The number of hydrogen-bond donors (Lipinski definition) is 4. The monoisotopic (exact) mass is 394 g/mol. The Morgan fingerprint density at radius 3 is 2.36 bits per heavy atom. The molecule has 7 heteroatoms. The summed E-state index contributed by atoms with van der Waals surface area (Å²) in [7, 11) is 0. The largest absolute Gasteiger partial charge is 0.506 e. The number of ketones is 2. The van der Waals surface area contributed by atoms with E-state index in [-0.39, 0.29) is 22.6 Å². The smallest absolute Gasteiger partial charge is 0.208 e. The summed E-state index contributed by atoms with van der Waals surface area (Å²) in [5, 5.41) is 30.7. The number of fused-ring (bicyclic) bond motifs is 3. The van der Waals surface area contributed by atoms with E-state index in [4.69, 9.17) is 0 Å². The summed E-state index contributed by atoms with van der Waals surface area (Å²) in [4.78, 5) is 26.7. The van der Waals surface area contributed by atoms with Gasteiger partial charge in [0.1, 0.15) is 11.5 Å². The Bertz CT molecular complexity index is 1150. The molecule has 28 heavy (non-hydrogen) atoms. The zero-order chi connectivity index (χ0) is 19.4. The molecule has 1 aliphatic carbocycles. The van der Waals surface area contributed by atoms with E-state index in [1.807, 2.05) is 5.38 Å². The van der Waals surface area contributed by atoms with Crippen molar-refractivity contribution in [2.24, 2.45) is 0 Å². The summed E-state index contributed by atoms with van der Waals surface area (Å²) in [5.41, 5.74) is 0.889. The molecule has 2 aliphatic rings. The van der Waals surface area contributed by atoms with Crippen molar-refractivity contribution < 1.29 is 19.8 Å². The summed E-state index contributed by atoms with van der Waals surface area (Å²) in [6.45, 7) is 2.32. The molecule has 0 bridgehead atoms. The molecule has 4 N–H and O–H groups in total. The predicted octanol–water partition coefficient (Wildman–Crippen LogP) is 2.54. The Balaban J connectivity index is 1.63. The van der Waals surface area contributed by atoms with Crippen molar-refractivity contribution in [1.82, 2.24) is 10.6 Å². The van der Waals surface area contributed by atoms with Crippen LogP contribution < -0.4 is 10.6 Å². The fourth-order valence-electron chi connectivity index (χ4n) is 4.11. The van der Waals surface area contributed by atoms with Gasteiger partial charge < -0.3 is 20.8 Å². The summed E-state index contributed by atoms with van der Waals surface area (Å²) in [6.07, 6.45) is 1.02. The molecular weight excluding hydrogens is 376 g/mol. The van der Waals surface area contributed by atoms with Crippen LogP contribution in [0.1, 0.15) is 43.1 Å². The molecule has 0 radical (unpaired) electrons. The number of carbonyl (C=O) groups excluding carboxylic acids is 2. The van der Waals surface area contributed by atoms with E-state index < -0.39 is 11.6 Å². The van der Waals surface area contributed by atoms with Gasteiger partial charge in [0.25, 0.3) is 0 Å². The molecule has 1 fully saturated rings. The van der Waals surface area contributed by atoms with Gasteiger partial charge in [-0.15, -0.1) is 11.3 Å². The van der Waals surface area contributed by atoms with Crippen molar-refractivity contribution in [1.29, 1.82) is 0 Å². The first kappa shape index (κ1) is 17.4. The minimum absolute atomic E-state index is 0.101. The maximum Gasteiger partial charge on any atom is 0.208 e. The van der Waals surface area contributed by atoms with Crippen LogP contribution >= 0.6 is 11.3 Å². The van der Waals surface area contributed by atoms with Crippen LogP contribution in [0.2, 0.25) is 0 Å². The van der Waals surface area contributed by atoms with Crippen molar-refractivity contribution in [2.45, 2.75) is 19.0 Å². The first-order valence-corrected chi connectivity index (χ1v) is 10.1. The van der Waals surface area contributed by atoms with Crippen molar-refractivity contribution in [3.05, 3.63) is 56.8 Å². The lowest BCUT2D eigenvalue weighted by atomic mass is 9.84. The van der Waals surface area contributed by atoms with Gasteiger partial charge in [0, 0.05) is 35.5 Å². The average Bonchev–Trinajstić information content (AvgIpc) is 3.37. The number of hydrogen-bond acceptors (Lipinski definition) is 7. The van der Waals surface area contributed by atoms with Gasteiger partial charge in [0.05, 0.1) is 16.0 Å². The van der Waals surface area contributed by atoms with E-state index in [0.29, 0.717) is 33.8 Å². The van der Waals surface area contributed by atoms with E-state index >= 15 is 0 Å². The third-order valence-corrected chi connectivity index (χ3v) is 6.58. The molecule has 2 heterocycles. The standard InChI is InChI=1S/C21H18N2O4S/c24-17-12-3-1-2-4-13(12)18(25)16-15(17)19(26)14-10(9-28-21(14)20(16)27)7-23-11-5-6-22-8-11/h1-4,9,11,22-25H,5-8H2/t11-/m1/s1. The zero-order valence-electron chi connectivity index (χ0n) is 14.9. The number of aromatic hydroxyl groups is 2. The maximum absolute atomic E-state index is 13.3. The van der Waals surface area contributed by atoms with E-state index in [2.05, 4.69) is 10.6 Å². The molecule has 2 aromatic carbocycles. The highest BCUT2D eigenvalue weighted by Gasteiger charge is 2.38. The van der Waals surface area contributed by atoms with Gasteiger partial charge >= 0.3 is 0 Å². The minimum Gasteiger partial charge on any atom is -0.506 e. The number of carbonyl (C=O) groups is 2. The predicted molar refractivity (Wildman–Crippen MR) is 107 cm³/mol. The van der Waals surface area contributed by atoms with Crippen molar-refractivity contribution >= 4 is 33.7 Å². The van der Waals surface area contributed by atoms with Crippen LogP contribution in [-0.4, -0.2) is 40.9 Å². The van der Waals surface area contributed by atoms with Crippen LogP contribution in [-0.2, 0) is 6.54 Å². The van der Waals surface area contributed by atoms with Crippen LogP contribution in [0.5, 0.6) is 11.5 Å². The Hall–Kier alpha value is -2.74. The number of thiophene rings is 1. The Morgan fingerprint density at radius 2 is 1.71 bits per heavy atom. The van der Waals surface area contributed by atoms with Crippen LogP contribution in [0, 0.1) is 0 Å². The third-order valence-electron chi connectivity index (χ3n) is 5.56. The topological polar surface area (TPSA) is 98.7 Å². The molecule has 1 aromatic heterocycles. The summed E-state index contributed by atoms with van der Waals surface area (Å²) < 4.78 is 0. The number of phenols is 2. The quantitative estimate of drug-likeness (QED) is 0.399. The average molecular weight is 394 g/mol. The molecule has 1 atom stereocenters. The van der Waals surface area contributed by atoms with E-state index in [0.717, 1.165) is 25.1 Å². The lowest BCUT2D eigenvalue weighted by molar-refractivity contribution is 0.0977. The molecule has 0 unspecified atom stereocenters. The van der Waals surface area contributed by atoms with E-state index in [9.17, 15) is 19.8 Å². The van der Waals surface area contributed by atoms with Crippen LogP contribution in [0.3, 0.4) is 0 Å². The van der Waals surface area contributed by atoms with E-state index in [1.165, 1.54) is 11.3 Å². The first-order chi connectivity index (χ1) is 13.6. The molecule has 0 spiro atoms. The lowest BCUT2D eigenvalue weighted by Gasteiger charge is -2.20. The second kappa shape index (κ2) is 6.41. The molecular formula is C21H18N2O4S. The molecule has 142 valence electrons. The number of nitrogens with one attached hydrogen (secondary N) is 2. The van der Waals surface area contributed by atoms with Crippen LogP contribution in [0.15, 0.2) is 29.6 Å². The SMILES string of the molecule is O=C1c2scc(CN[C@@H]3CCNC3)c2C(=O)c2c1c(O)c1ccccc1c2O. The first-order valence-electron chi connectivity index (χ1n) is 9.18. The molecule has 0 amide bonds. The maximum atomic E-state index is 13.3. The van der Waals surface area contributed by atoms with Gasteiger partial charge in [-0.25, -0.2) is 0 Å². The van der Waals surface area contributed by atoms with Crippen LogP contribution in [0.4, 0.5) is 0 Å². The van der Waals surface area contributed by atoms with Gasteiger partial charge in [-0.3, -0.25) is 9.59 Å². The second-order valence-electron chi connectivity index (χ2n) is 7.19. The summed E-state index contributed by atoms with van der Waals surface area (Å²) in [6, 6.07) is 7.00. The minimum atomic E-state index is -0.415. The number of benzene rings is 2. The Labute approximate surface area is 164 Å². The number of phenolic OH excluding ortho intramolecular Hbond substituents is 2. The molecule has 0 saturated carbocycles. The molecule has 5 rings (SSSR count). The molecule has 1 aliphatic heterocycles. The molecule has 1 saturated heterocycles. The lowest BCUT2D eigenvalue weighted by Crippen LogP contribution is -2.31. The highest BCUT2D eigenvalue weighted by Crippen LogP contribution is 2.45. The third kappa shape index (κ3) is 2.40. The fourth-order valence-corrected chi connectivity index (χ4v) is 5.12. The van der Waals surface area contributed by atoms with Gasteiger partial charge in [0.2, 0.25) is 5.78 Å². The second-order valence-corrected chi connectivity index (χ2v) is 8.07. The highest BCUT2D eigenvalue weighted by atomic mass is 32.1. The Morgan fingerprint density at radius 1 is 1.04 bits per heavy atom. The van der Waals surface area contributed by atoms with Crippen molar-refractivity contribution in [3.63, 3.8) is 0 Å².